The maximum Gasteiger partial charge on any atom is 0.243 e. The molecule has 2 atom stereocenters. The molecule has 1 fully saturated rings. The highest BCUT2D eigenvalue weighted by molar-refractivity contribution is 5.88. The topological polar surface area (TPSA) is 77.0 Å². The third kappa shape index (κ3) is 7.34. The monoisotopic (exact) mass is 325 g/mol. The number of nitrogens with one attached hydrogen (secondary N) is 2. The highest BCUT2D eigenvalue weighted by atomic mass is 16.2. The molecule has 0 saturated heterocycles. The second kappa shape index (κ2) is 9.37. The summed E-state index contributed by atoms with van der Waals surface area (Å²) in [5.41, 5.74) is 0. The van der Waals surface area contributed by atoms with Crippen LogP contribution in [0.5, 0.6) is 0 Å². The number of amides is 2. The van der Waals surface area contributed by atoms with Crippen molar-refractivity contribution in [2.75, 3.05) is 41.3 Å². The van der Waals surface area contributed by atoms with Gasteiger partial charge >= 0.3 is 0 Å². The molecule has 0 aromatic rings. The predicted molar refractivity (Wildman–Crippen MR) is 92.2 cm³/mol. The predicted octanol–water partition coefficient (Wildman–Crippen LogP) is 0.277. The lowest BCUT2D eigenvalue weighted by Crippen LogP contribution is -2.48. The van der Waals surface area contributed by atoms with Crippen LogP contribution in [-0.4, -0.2) is 74.9 Å². The van der Waals surface area contributed by atoms with Gasteiger partial charge in [0.2, 0.25) is 11.8 Å². The Morgan fingerprint density at radius 1 is 1.09 bits per heavy atom. The highest BCUT2D eigenvalue weighted by Crippen LogP contribution is 2.23. The lowest BCUT2D eigenvalue weighted by atomic mass is 9.87. The van der Waals surface area contributed by atoms with Crippen molar-refractivity contribution in [3.8, 4) is 0 Å². The Kier molecular flexibility index (Phi) is 7.85. The van der Waals surface area contributed by atoms with E-state index in [1.165, 1.54) is 22.6 Å². The lowest BCUT2D eigenvalue weighted by Gasteiger charge is -2.29. The first-order chi connectivity index (χ1) is 10.8. The third-order valence-corrected chi connectivity index (χ3v) is 4.05. The van der Waals surface area contributed by atoms with Crippen LogP contribution in [0.25, 0.3) is 0 Å². The van der Waals surface area contributed by atoms with E-state index in [4.69, 9.17) is 0 Å². The van der Waals surface area contributed by atoms with Crippen LogP contribution in [-0.2, 0) is 9.59 Å². The number of guanidine groups is 1. The van der Waals surface area contributed by atoms with E-state index in [0.29, 0.717) is 17.9 Å². The number of likely N-dealkylation sites (N-methyl/N-ethyl adjacent to an activating group) is 2. The molecule has 7 nitrogen and oxygen atoms in total. The van der Waals surface area contributed by atoms with E-state index < -0.39 is 0 Å². The van der Waals surface area contributed by atoms with E-state index in [-0.39, 0.29) is 24.9 Å². The van der Waals surface area contributed by atoms with Crippen molar-refractivity contribution in [3.63, 3.8) is 0 Å². The molecule has 23 heavy (non-hydrogen) atoms. The zero-order valence-corrected chi connectivity index (χ0v) is 15.1. The van der Waals surface area contributed by atoms with Crippen LogP contribution in [0.3, 0.4) is 0 Å². The first-order valence-electron chi connectivity index (χ1n) is 8.24. The lowest BCUT2D eigenvalue weighted by molar-refractivity contribution is -0.127. The first-order valence-corrected chi connectivity index (χ1v) is 8.24. The van der Waals surface area contributed by atoms with E-state index in [9.17, 15) is 9.59 Å². The number of hydrogen-bond donors (Lipinski definition) is 2. The van der Waals surface area contributed by atoms with Gasteiger partial charge in [0.25, 0.3) is 0 Å². The van der Waals surface area contributed by atoms with Gasteiger partial charge in [-0.05, 0) is 18.8 Å². The summed E-state index contributed by atoms with van der Waals surface area (Å²) in [5, 5.41) is 6.41. The number of rotatable bonds is 5. The largest absolute Gasteiger partial charge is 0.354 e. The van der Waals surface area contributed by atoms with Crippen molar-refractivity contribution >= 4 is 17.8 Å². The second-order valence-electron chi connectivity index (χ2n) is 6.71. The molecule has 0 bridgehead atoms. The van der Waals surface area contributed by atoms with Crippen LogP contribution in [0, 0.1) is 5.92 Å². The number of carbonyl (C=O) groups excluding carboxylic acids is 2. The van der Waals surface area contributed by atoms with Crippen molar-refractivity contribution in [1.82, 2.24) is 20.4 Å². The Labute approximate surface area is 139 Å². The van der Waals surface area contributed by atoms with Crippen molar-refractivity contribution in [2.45, 2.75) is 38.6 Å². The summed E-state index contributed by atoms with van der Waals surface area (Å²) in [5.74, 6) is 1.13. The molecule has 0 aliphatic heterocycles. The number of aliphatic imine (C=N–C) groups is 1. The van der Waals surface area contributed by atoms with Gasteiger partial charge in [-0.25, -0.2) is 4.99 Å². The van der Waals surface area contributed by atoms with Crippen molar-refractivity contribution in [1.29, 1.82) is 0 Å². The Morgan fingerprint density at radius 3 is 2.30 bits per heavy atom. The van der Waals surface area contributed by atoms with Gasteiger partial charge in [0.05, 0.1) is 6.54 Å². The molecular formula is C16H31N5O2. The Morgan fingerprint density at radius 2 is 1.74 bits per heavy atom. The Hall–Kier alpha value is -1.79. The fourth-order valence-corrected chi connectivity index (χ4v) is 2.52. The van der Waals surface area contributed by atoms with Gasteiger partial charge < -0.3 is 20.4 Å². The fourth-order valence-electron chi connectivity index (χ4n) is 2.52. The fraction of sp³-hybridized carbons (Fsp3) is 0.812. The van der Waals surface area contributed by atoms with Gasteiger partial charge in [-0.15, -0.1) is 0 Å². The normalized spacial score (nSPS) is 21.5. The quantitative estimate of drug-likeness (QED) is 0.562. The van der Waals surface area contributed by atoms with Crippen molar-refractivity contribution in [2.24, 2.45) is 10.9 Å². The molecule has 0 radical (unpaired) electrons. The summed E-state index contributed by atoms with van der Waals surface area (Å²) in [6, 6.07) is 0.342. The Balaban J connectivity index is 2.64. The molecule has 1 rings (SSSR count). The summed E-state index contributed by atoms with van der Waals surface area (Å²) < 4.78 is 0. The molecule has 1 aliphatic carbocycles. The molecule has 0 aromatic heterocycles. The summed E-state index contributed by atoms with van der Waals surface area (Å²) in [6.07, 6.45) is 4.63. The van der Waals surface area contributed by atoms with Crippen molar-refractivity contribution in [3.05, 3.63) is 0 Å². The summed E-state index contributed by atoms with van der Waals surface area (Å²) in [6.45, 7) is 2.49. The number of carbonyl (C=O) groups is 2. The number of hydrogen-bond acceptors (Lipinski definition) is 3. The molecule has 1 aliphatic rings. The maximum absolute atomic E-state index is 11.7. The van der Waals surface area contributed by atoms with Gasteiger partial charge in [0.1, 0.15) is 6.54 Å². The van der Waals surface area contributed by atoms with Crippen LogP contribution in [0.4, 0.5) is 0 Å². The second-order valence-corrected chi connectivity index (χ2v) is 6.71. The van der Waals surface area contributed by atoms with Gasteiger partial charge in [0.15, 0.2) is 5.96 Å². The van der Waals surface area contributed by atoms with Crippen molar-refractivity contribution < 1.29 is 9.59 Å². The summed E-state index contributed by atoms with van der Waals surface area (Å²) in [4.78, 5) is 30.8. The smallest absolute Gasteiger partial charge is 0.243 e. The van der Waals surface area contributed by atoms with Crippen LogP contribution in [0.1, 0.15) is 32.6 Å². The molecule has 0 aromatic carbocycles. The molecule has 132 valence electrons. The van der Waals surface area contributed by atoms with Crippen LogP contribution in [0.2, 0.25) is 0 Å². The minimum absolute atomic E-state index is 0.0320. The molecule has 2 N–H and O–H groups in total. The number of nitrogens with zero attached hydrogens (tertiary/aromatic N) is 3. The maximum atomic E-state index is 11.7. The van der Waals surface area contributed by atoms with Gasteiger partial charge in [0, 0.05) is 34.2 Å². The average Bonchev–Trinajstić information content (AvgIpc) is 2.48. The Bertz CT molecular complexity index is 434. The minimum Gasteiger partial charge on any atom is -0.354 e. The van der Waals surface area contributed by atoms with E-state index in [1.807, 2.05) is 0 Å². The molecule has 0 heterocycles. The third-order valence-electron chi connectivity index (χ3n) is 4.05. The van der Waals surface area contributed by atoms with Gasteiger partial charge in [-0.2, -0.15) is 0 Å². The van der Waals surface area contributed by atoms with Gasteiger partial charge in [-0.1, -0.05) is 19.8 Å². The zero-order chi connectivity index (χ0) is 17.4. The molecule has 1 saturated carbocycles. The van der Waals surface area contributed by atoms with E-state index >= 15 is 0 Å². The van der Waals surface area contributed by atoms with E-state index in [1.54, 1.807) is 28.2 Å². The summed E-state index contributed by atoms with van der Waals surface area (Å²) >= 11 is 0. The molecule has 7 heteroatoms. The molecule has 2 amide bonds. The van der Waals surface area contributed by atoms with E-state index in [2.05, 4.69) is 22.5 Å². The molecule has 2 unspecified atom stereocenters. The van der Waals surface area contributed by atoms with Gasteiger partial charge in [-0.3, -0.25) is 9.59 Å². The minimum atomic E-state index is -0.0675. The zero-order valence-electron chi connectivity index (χ0n) is 15.1. The van der Waals surface area contributed by atoms with E-state index in [0.717, 1.165) is 12.8 Å². The van der Waals surface area contributed by atoms with Crippen LogP contribution in [0.15, 0.2) is 4.99 Å². The molecular weight excluding hydrogens is 294 g/mol. The first kappa shape index (κ1) is 19.3. The SMILES string of the molecule is CC1CCCC(NC(=NCC(=O)N(C)C)NCC(=O)N(C)C)C1. The molecule has 0 spiro atoms. The standard InChI is InChI=1S/C16H31N5O2/c1-12-7-6-8-13(9-12)19-16(17-10-14(22)20(2)3)18-11-15(23)21(4)5/h12-13H,6-11H2,1-5H3,(H2,17,18,19). The average molecular weight is 325 g/mol. The highest BCUT2D eigenvalue weighted by Gasteiger charge is 2.20. The summed E-state index contributed by atoms with van der Waals surface area (Å²) in [7, 11) is 6.84. The van der Waals surface area contributed by atoms with Crippen LogP contribution < -0.4 is 10.6 Å². The van der Waals surface area contributed by atoms with Crippen LogP contribution >= 0.6 is 0 Å².